The standard InChI is InChI=1S/C6H13BrN2O2/c1-9(2,3)5(7)4-11-6(8)10/h5H,4H2,1-3H3,(H-,8,10)/p+1. The number of halogens is 1. The molecule has 66 valence electrons. The number of hydrogen-bond donors (Lipinski definition) is 1. The third-order valence-corrected chi connectivity index (χ3v) is 2.70. The maximum atomic E-state index is 10.2. The lowest BCUT2D eigenvalue weighted by atomic mass is 10.5. The summed E-state index contributed by atoms with van der Waals surface area (Å²) in [6.45, 7) is 0.291. The number of nitrogens with zero attached hydrogens (tertiary/aromatic N) is 1. The number of primary amides is 1. The Bertz CT molecular complexity index is 144. The van der Waals surface area contributed by atoms with Crippen LogP contribution in [0.15, 0.2) is 0 Å². The molecule has 0 aromatic heterocycles. The van der Waals surface area contributed by atoms with E-state index < -0.39 is 6.09 Å². The molecule has 0 radical (unpaired) electrons. The van der Waals surface area contributed by atoms with E-state index in [2.05, 4.69) is 20.7 Å². The number of rotatable bonds is 3. The highest BCUT2D eigenvalue weighted by atomic mass is 79.9. The predicted octanol–water partition coefficient (Wildman–Crippen LogP) is 0.509. The van der Waals surface area contributed by atoms with Crippen LogP contribution in [-0.4, -0.2) is 43.3 Å². The van der Waals surface area contributed by atoms with Crippen LogP contribution >= 0.6 is 15.9 Å². The number of hydrogen-bond acceptors (Lipinski definition) is 2. The third-order valence-electron chi connectivity index (χ3n) is 1.20. The summed E-state index contributed by atoms with van der Waals surface area (Å²) in [5, 5.41) is 0. The number of likely N-dealkylation sites (N-methyl/N-ethyl adjacent to an activating group) is 1. The van der Waals surface area contributed by atoms with E-state index in [1.165, 1.54) is 0 Å². The highest BCUT2D eigenvalue weighted by Gasteiger charge is 2.21. The maximum absolute atomic E-state index is 10.2. The number of carbonyl (C=O) groups excluding carboxylic acids is 1. The van der Waals surface area contributed by atoms with E-state index in [9.17, 15) is 4.79 Å². The lowest BCUT2D eigenvalue weighted by Gasteiger charge is -2.29. The summed E-state index contributed by atoms with van der Waals surface area (Å²) >= 11 is 3.37. The largest absolute Gasteiger partial charge is 0.442 e. The van der Waals surface area contributed by atoms with Gasteiger partial charge in [-0.1, -0.05) is 0 Å². The van der Waals surface area contributed by atoms with E-state index in [1.54, 1.807) is 0 Å². The van der Waals surface area contributed by atoms with Gasteiger partial charge in [0.25, 0.3) is 0 Å². The minimum absolute atomic E-state index is 0.0787. The van der Waals surface area contributed by atoms with E-state index in [4.69, 9.17) is 5.73 Å². The van der Waals surface area contributed by atoms with Gasteiger partial charge in [0.2, 0.25) is 0 Å². The first-order valence-corrected chi connectivity index (χ1v) is 4.13. The maximum Gasteiger partial charge on any atom is 0.404 e. The van der Waals surface area contributed by atoms with Crippen LogP contribution in [0.25, 0.3) is 0 Å². The summed E-state index contributed by atoms with van der Waals surface area (Å²) in [6, 6.07) is 0. The number of quaternary nitrogens is 1. The van der Waals surface area contributed by atoms with Crippen LogP contribution in [0.1, 0.15) is 0 Å². The molecule has 1 atom stereocenters. The molecule has 0 aliphatic carbocycles. The molecule has 0 saturated heterocycles. The molecule has 0 fully saturated rings. The Morgan fingerprint density at radius 3 is 2.36 bits per heavy atom. The normalized spacial score (nSPS) is 14.2. The first-order valence-electron chi connectivity index (χ1n) is 3.21. The molecular formula is C6H14BrN2O2+. The van der Waals surface area contributed by atoms with Gasteiger partial charge in [0.1, 0.15) is 0 Å². The van der Waals surface area contributed by atoms with Gasteiger partial charge >= 0.3 is 6.09 Å². The summed E-state index contributed by atoms with van der Waals surface area (Å²) in [4.78, 5) is 10.3. The number of ether oxygens (including phenoxy) is 1. The van der Waals surface area contributed by atoms with Crippen LogP contribution in [0.5, 0.6) is 0 Å². The molecule has 1 unspecified atom stereocenters. The van der Waals surface area contributed by atoms with Crippen LogP contribution in [0, 0.1) is 0 Å². The van der Waals surface area contributed by atoms with Gasteiger partial charge in [-0.3, -0.25) is 0 Å². The van der Waals surface area contributed by atoms with Crippen molar-refractivity contribution in [2.75, 3.05) is 27.7 Å². The number of nitrogens with two attached hydrogens (primary N) is 1. The van der Waals surface area contributed by atoms with Gasteiger partial charge in [-0.15, -0.1) is 0 Å². The average Bonchev–Trinajstić information content (AvgIpc) is 1.80. The number of carbonyl (C=O) groups is 1. The van der Waals surface area contributed by atoms with Crippen molar-refractivity contribution in [2.45, 2.75) is 4.95 Å². The van der Waals surface area contributed by atoms with Crippen LogP contribution in [0.3, 0.4) is 0 Å². The van der Waals surface area contributed by atoms with Crippen molar-refractivity contribution in [2.24, 2.45) is 5.73 Å². The molecule has 0 aromatic rings. The van der Waals surface area contributed by atoms with Crippen molar-refractivity contribution in [1.29, 1.82) is 0 Å². The lowest BCUT2D eigenvalue weighted by Crippen LogP contribution is -2.44. The number of amides is 1. The van der Waals surface area contributed by atoms with Gasteiger partial charge < -0.3 is 15.0 Å². The molecule has 0 bridgehead atoms. The third kappa shape index (κ3) is 5.03. The SMILES string of the molecule is C[N+](C)(C)C(Br)COC(N)=O. The first-order chi connectivity index (χ1) is 4.84. The monoisotopic (exact) mass is 225 g/mol. The second-order valence-electron chi connectivity index (χ2n) is 3.18. The minimum atomic E-state index is -0.733. The van der Waals surface area contributed by atoms with Crippen molar-refractivity contribution >= 4 is 22.0 Å². The number of alkyl halides is 1. The van der Waals surface area contributed by atoms with Crippen molar-refractivity contribution < 1.29 is 14.0 Å². The molecule has 0 saturated carbocycles. The second-order valence-corrected chi connectivity index (χ2v) is 4.24. The highest BCUT2D eigenvalue weighted by molar-refractivity contribution is 9.09. The van der Waals surface area contributed by atoms with E-state index in [0.29, 0.717) is 11.1 Å². The fourth-order valence-corrected chi connectivity index (χ4v) is 0.507. The summed E-state index contributed by atoms with van der Waals surface area (Å²) in [5.41, 5.74) is 4.80. The summed E-state index contributed by atoms with van der Waals surface area (Å²) in [5.74, 6) is 0. The Labute approximate surface area is 75.0 Å². The zero-order chi connectivity index (χ0) is 9.07. The molecule has 1 amide bonds. The van der Waals surface area contributed by atoms with Gasteiger partial charge in [0.15, 0.2) is 11.6 Å². The molecule has 0 heterocycles. The van der Waals surface area contributed by atoms with Gasteiger partial charge in [0, 0.05) is 0 Å². The lowest BCUT2D eigenvalue weighted by molar-refractivity contribution is -0.879. The first kappa shape index (κ1) is 10.7. The molecule has 0 aliphatic rings. The average molecular weight is 226 g/mol. The van der Waals surface area contributed by atoms with Crippen molar-refractivity contribution in [1.82, 2.24) is 0 Å². The summed E-state index contributed by atoms with van der Waals surface area (Å²) < 4.78 is 5.28. The van der Waals surface area contributed by atoms with Gasteiger partial charge in [0.05, 0.1) is 21.1 Å². The molecule has 11 heavy (non-hydrogen) atoms. The Balaban J connectivity index is 3.70. The van der Waals surface area contributed by atoms with E-state index in [-0.39, 0.29) is 4.95 Å². The fourth-order valence-electron chi connectivity index (χ4n) is 0.375. The Hall–Kier alpha value is -0.290. The van der Waals surface area contributed by atoms with E-state index >= 15 is 0 Å². The molecular weight excluding hydrogens is 212 g/mol. The van der Waals surface area contributed by atoms with Crippen molar-refractivity contribution in [3.05, 3.63) is 0 Å². The minimum Gasteiger partial charge on any atom is -0.442 e. The zero-order valence-corrected chi connectivity index (χ0v) is 8.59. The van der Waals surface area contributed by atoms with E-state index in [1.807, 2.05) is 21.1 Å². The molecule has 5 heteroatoms. The molecule has 2 N–H and O–H groups in total. The zero-order valence-electron chi connectivity index (χ0n) is 7.00. The van der Waals surface area contributed by atoms with Gasteiger partial charge in [-0.05, 0) is 15.9 Å². The summed E-state index contributed by atoms with van der Waals surface area (Å²) in [7, 11) is 5.97. The Morgan fingerprint density at radius 1 is 1.64 bits per heavy atom. The Morgan fingerprint density at radius 2 is 2.09 bits per heavy atom. The van der Waals surface area contributed by atoms with Crippen LogP contribution < -0.4 is 5.73 Å². The second kappa shape index (κ2) is 3.92. The van der Waals surface area contributed by atoms with E-state index in [0.717, 1.165) is 0 Å². The molecule has 0 spiro atoms. The molecule has 0 aliphatic heterocycles. The smallest absolute Gasteiger partial charge is 0.404 e. The van der Waals surface area contributed by atoms with Gasteiger partial charge in [-0.2, -0.15) is 0 Å². The van der Waals surface area contributed by atoms with Crippen LogP contribution in [0.2, 0.25) is 0 Å². The topological polar surface area (TPSA) is 52.3 Å². The highest BCUT2D eigenvalue weighted by Crippen LogP contribution is 2.10. The van der Waals surface area contributed by atoms with Crippen LogP contribution in [-0.2, 0) is 4.74 Å². The molecule has 0 aromatic carbocycles. The molecule has 4 nitrogen and oxygen atoms in total. The summed E-state index contributed by atoms with van der Waals surface area (Å²) in [6.07, 6.45) is -0.733. The molecule has 0 rings (SSSR count). The van der Waals surface area contributed by atoms with Crippen LogP contribution in [0.4, 0.5) is 4.79 Å². The fraction of sp³-hybridized carbons (Fsp3) is 0.833. The van der Waals surface area contributed by atoms with Gasteiger partial charge in [-0.25, -0.2) is 4.79 Å². The predicted molar refractivity (Wildman–Crippen MR) is 46.3 cm³/mol. The Kier molecular flexibility index (Phi) is 3.82. The van der Waals surface area contributed by atoms with Crippen molar-refractivity contribution in [3.8, 4) is 0 Å². The quantitative estimate of drug-likeness (QED) is 0.433. The van der Waals surface area contributed by atoms with Crippen molar-refractivity contribution in [3.63, 3.8) is 0 Å².